The highest BCUT2D eigenvalue weighted by Gasteiger charge is 1.99. The van der Waals surface area contributed by atoms with Crippen LogP contribution in [0.4, 0.5) is 0 Å². The number of nitrogens with one attached hydrogen (secondary N) is 2. The van der Waals surface area contributed by atoms with Crippen LogP contribution in [0.5, 0.6) is 5.75 Å². The zero-order valence-corrected chi connectivity index (χ0v) is 17.6. The summed E-state index contributed by atoms with van der Waals surface area (Å²) in [6.07, 6.45) is 2.90. The molecule has 0 aliphatic carbocycles. The molecule has 0 saturated carbocycles. The van der Waals surface area contributed by atoms with Crippen molar-refractivity contribution in [3.8, 4) is 5.75 Å². The summed E-state index contributed by atoms with van der Waals surface area (Å²) in [5, 5.41) is 8.55. The van der Waals surface area contributed by atoms with Crippen LogP contribution >= 0.6 is 47.1 Å². The molecule has 2 rings (SSSR count). The van der Waals surface area contributed by atoms with Crippen molar-refractivity contribution in [1.82, 2.24) is 15.6 Å². The number of hydrogen-bond acceptors (Lipinski definition) is 5. The highest BCUT2D eigenvalue weighted by molar-refractivity contribution is 14.0. The number of rotatable bonds is 9. The summed E-state index contributed by atoms with van der Waals surface area (Å²) in [5.41, 5.74) is 0. The second-order valence-corrected chi connectivity index (χ2v) is 6.82. The number of thioether (sulfide) groups is 1. The second-order valence-electron chi connectivity index (χ2n) is 4.59. The van der Waals surface area contributed by atoms with Crippen molar-refractivity contribution in [2.45, 2.75) is 10.8 Å². The van der Waals surface area contributed by atoms with Crippen LogP contribution in [0.2, 0.25) is 0 Å². The lowest BCUT2D eigenvalue weighted by Gasteiger charge is -2.12. The fourth-order valence-corrected chi connectivity index (χ4v) is 3.44. The molecule has 0 saturated heterocycles. The van der Waals surface area contributed by atoms with Crippen LogP contribution in [-0.2, 0) is 0 Å². The Labute approximate surface area is 168 Å². The molecule has 1 heterocycles. The Kier molecular flexibility index (Phi) is 11.7. The first-order valence-corrected chi connectivity index (χ1v) is 9.39. The van der Waals surface area contributed by atoms with Gasteiger partial charge in [-0.05, 0) is 18.6 Å². The maximum atomic E-state index is 5.63. The monoisotopic (exact) mass is 478 g/mol. The van der Waals surface area contributed by atoms with E-state index in [4.69, 9.17) is 4.74 Å². The largest absolute Gasteiger partial charge is 0.492 e. The summed E-state index contributed by atoms with van der Waals surface area (Å²) in [7, 11) is 1.78. The Balaban J connectivity index is 0.00000288. The summed E-state index contributed by atoms with van der Waals surface area (Å²) in [4.78, 5) is 8.45. The molecule has 1 aromatic carbocycles. The van der Waals surface area contributed by atoms with Gasteiger partial charge in [0.15, 0.2) is 5.96 Å². The highest BCUT2D eigenvalue weighted by Crippen LogP contribution is 2.20. The van der Waals surface area contributed by atoms with Gasteiger partial charge >= 0.3 is 0 Å². The molecule has 0 fully saturated rings. The van der Waals surface area contributed by atoms with Crippen molar-refractivity contribution in [1.29, 1.82) is 0 Å². The SMILES string of the molecule is CN=C(NCCCSc1nccs1)NCCOc1ccccc1.I. The number of halogens is 1. The van der Waals surface area contributed by atoms with E-state index in [0.717, 1.165) is 34.8 Å². The summed E-state index contributed by atoms with van der Waals surface area (Å²) >= 11 is 3.48. The van der Waals surface area contributed by atoms with Crippen molar-refractivity contribution in [3.63, 3.8) is 0 Å². The molecule has 0 aliphatic heterocycles. The maximum Gasteiger partial charge on any atom is 0.191 e. The molecule has 2 N–H and O–H groups in total. The minimum atomic E-state index is 0. The first-order chi connectivity index (χ1) is 11.4. The van der Waals surface area contributed by atoms with Crippen LogP contribution in [0, 0.1) is 0 Å². The van der Waals surface area contributed by atoms with Gasteiger partial charge in [0.2, 0.25) is 0 Å². The van der Waals surface area contributed by atoms with Gasteiger partial charge in [-0.3, -0.25) is 4.99 Å². The molecule has 0 spiro atoms. The van der Waals surface area contributed by atoms with Crippen molar-refractivity contribution in [2.75, 3.05) is 32.5 Å². The summed E-state index contributed by atoms with van der Waals surface area (Å²) in [6.45, 7) is 2.20. The molecule has 0 atom stereocenters. The maximum absolute atomic E-state index is 5.63. The zero-order valence-electron chi connectivity index (χ0n) is 13.6. The lowest BCUT2D eigenvalue weighted by atomic mass is 10.3. The van der Waals surface area contributed by atoms with Gasteiger partial charge in [-0.1, -0.05) is 30.0 Å². The van der Waals surface area contributed by atoms with Gasteiger partial charge in [0, 0.05) is 30.9 Å². The molecule has 24 heavy (non-hydrogen) atoms. The Morgan fingerprint density at radius 1 is 1.25 bits per heavy atom. The quantitative estimate of drug-likeness (QED) is 0.190. The molecule has 0 bridgehead atoms. The topological polar surface area (TPSA) is 58.5 Å². The molecular weight excluding hydrogens is 455 g/mol. The Hall–Kier alpha value is -1.000. The van der Waals surface area contributed by atoms with E-state index in [0.29, 0.717) is 13.2 Å². The molecule has 8 heteroatoms. The number of nitrogens with zero attached hydrogens (tertiary/aromatic N) is 2. The average molecular weight is 478 g/mol. The smallest absolute Gasteiger partial charge is 0.191 e. The minimum absolute atomic E-state index is 0. The second kappa shape index (κ2) is 13.3. The van der Waals surface area contributed by atoms with Gasteiger partial charge < -0.3 is 15.4 Å². The molecule has 2 aromatic rings. The molecule has 1 aromatic heterocycles. The van der Waals surface area contributed by atoms with Crippen molar-refractivity contribution >= 4 is 53.0 Å². The number of thiazole rings is 1. The highest BCUT2D eigenvalue weighted by atomic mass is 127. The van der Waals surface area contributed by atoms with Gasteiger partial charge in [0.1, 0.15) is 16.7 Å². The fourth-order valence-electron chi connectivity index (χ4n) is 1.80. The van der Waals surface area contributed by atoms with E-state index in [9.17, 15) is 0 Å². The minimum Gasteiger partial charge on any atom is -0.492 e. The number of hydrogen-bond donors (Lipinski definition) is 2. The number of ether oxygens (including phenoxy) is 1. The van der Waals surface area contributed by atoms with E-state index in [1.54, 1.807) is 30.1 Å². The Morgan fingerprint density at radius 3 is 2.75 bits per heavy atom. The first-order valence-electron chi connectivity index (χ1n) is 7.53. The molecule has 0 unspecified atom stereocenters. The average Bonchev–Trinajstić information content (AvgIpc) is 3.11. The van der Waals surface area contributed by atoms with Crippen LogP contribution in [0.1, 0.15) is 6.42 Å². The molecule has 0 radical (unpaired) electrons. The Morgan fingerprint density at radius 2 is 2.04 bits per heavy atom. The molecule has 5 nitrogen and oxygen atoms in total. The van der Waals surface area contributed by atoms with Crippen molar-refractivity contribution < 1.29 is 4.74 Å². The van der Waals surface area contributed by atoms with Gasteiger partial charge in [0.05, 0.1) is 6.54 Å². The summed E-state index contributed by atoms with van der Waals surface area (Å²) in [6, 6.07) is 9.81. The summed E-state index contributed by atoms with van der Waals surface area (Å²) in [5.74, 6) is 2.74. The zero-order chi connectivity index (χ0) is 16.2. The van der Waals surface area contributed by atoms with E-state index in [1.165, 1.54) is 0 Å². The molecule has 132 valence electrons. The predicted molar refractivity (Wildman–Crippen MR) is 114 cm³/mol. The number of aliphatic imine (C=N–C) groups is 1. The summed E-state index contributed by atoms with van der Waals surface area (Å²) < 4.78 is 6.76. The van der Waals surface area contributed by atoms with Gasteiger partial charge in [0.25, 0.3) is 0 Å². The fraction of sp³-hybridized carbons (Fsp3) is 0.375. The van der Waals surface area contributed by atoms with E-state index in [1.807, 2.05) is 41.9 Å². The number of para-hydroxylation sites is 1. The van der Waals surface area contributed by atoms with E-state index in [-0.39, 0.29) is 24.0 Å². The normalized spacial score (nSPS) is 10.8. The van der Waals surface area contributed by atoms with Gasteiger partial charge in [-0.15, -0.1) is 35.3 Å². The van der Waals surface area contributed by atoms with Crippen molar-refractivity contribution in [3.05, 3.63) is 41.9 Å². The lowest BCUT2D eigenvalue weighted by Crippen LogP contribution is -2.39. The third-order valence-electron chi connectivity index (χ3n) is 2.88. The standard InChI is InChI=1S/C16H22N4OS2.HI/c1-17-15(18-8-5-12-22-16-20-10-13-23-16)19-9-11-21-14-6-3-2-4-7-14;/h2-4,6-7,10,13H,5,8-9,11-12H2,1H3,(H2,17,18,19);1H. The lowest BCUT2D eigenvalue weighted by molar-refractivity contribution is 0.322. The van der Waals surface area contributed by atoms with Crippen LogP contribution in [0.15, 0.2) is 51.2 Å². The van der Waals surface area contributed by atoms with Gasteiger partial charge in [-0.25, -0.2) is 4.98 Å². The van der Waals surface area contributed by atoms with Crippen LogP contribution < -0.4 is 15.4 Å². The molecule has 0 amide bonds. The van der Waals surface area contributed by atoms with Crippen LogP contribution in [0.25, 0.3) is 0 Å². The number of benzene rings is 1. The number of guanidine groups is 1. The van der Waals surface area contributed by atoms with E-state index >= 15 is 0 Å². The third-order valence-corrected chi connectivity index (χ3v) is 4.93. The number of aromatic nitrogens is 1. The Bertz CT molecular complexity index is 567. The third kappa shape index (κ3) is 8.74. The van der Waals surface area contributed by atoms with E-state index < -0.39 is 0 Å². The molecular formula is C16H23IN4OS2. The van der Waals surface area contributed by atoms with Gasteiger partial charge in [-0.2, -0.15) is 0 Å². The van der Waals surface area contributed by atoms with Crippen LogP contribution in [-0.4, -0.2) is 43.4 Å². The van der Waals surface area contributed by atoms with Crippen molar-refractivity contribution in [2.24, 2.45) is 4.99 Å². The first kappa shape index (κ1) is 21.0. The predicted octanol–water partition coefficient (Wildman–Crippen LogP) is 3.49. The van der Waals surface area contributed by atoms with Crippen LogP contribution in [0.3, 0.4) is 0 Å². The molecule has 0 aliphatic rings. The van der Waals surface area contributed by atoms with E-state index in [2.05, 4.69) is 20.6 Å².